The molecule has 90 valence electrons. The summed E-state index contributed by atoms with van der Waals surface area (Å²) >= 11 is 0. The van der Waals surface area contributed by atoms with Crippen molar-refractivity contribution in [2.45, 2.75) is 12.7 Å². The zero-order chi connectivity index (χ0) is 12.3. The first-order chi connectivity index (χ1) is 7.29. The van der Waals surface area contributed by atoms with E-state index in [4.69, 9.17) is 5.11 Å². The summed E-state index contributed by atoms with van der Waals surface area (Å²) in [6.45, 7) is -1.23. The van der Waals surface area contributed by atoms with Crippen LogP contribution in [0.1, 0.15) is 16.1 Å². The largest absolute Gasteiger partial charge is 0.475 e. The summed E-state index contributed by atoms with van der Waals surface area (Å²) in [5.74, 6) is -1.62. The Hall–Kier alpha value is -1.50. The van der Waals surface area contributed by atoms with E-state index in [2.05, 4.69) is 4.42 Å². The molecule has 0 bridgehead atoms. The summed E-state index contributed by atoms with van der Waals surface area (Å²) in [5.41, 5.74) is 0.222. The molecule has 0 fully saturated rings. The Labute approximate surface area is 89.3 Å². The van der Waals surface area contributed by atoms with Gasteiger partial charge in [-0.25, -0.2) is 4.79 Å². The molecule has 7 heteroatoms. The van der Waals surface area contributed by atoms with Gasteiger partial charge in [0.1, 0.15) is 0 Å². The van der Waals surface area contributed by atoms with Crippen LogP contribution in [0.5, 0.6) is 0 Å². The highest BCUT2D eigenvalue weighted by atomic mass is 19.4. The van der Waals surface area contributed by atoms with Gasteiger partial charge in [0, 0.05) is 12.1 Å². The summed E-state index contributed by atoms with van der Waals surface area (Å²) in [5, 5.41) is 8.67. The van der Waals surface area contributed by atoms with Crippen molar-refractivity contribution in [1.82, 2.24) is 4.90 Å². The molecule has 1 aromatic heterocycles. The second kappa shape index (κ2) is 4.56. The summed E-state index contributed by atoms with van der Waals surface area (Å²) in [6, 6.07) is 1.34. The highest BCUT2D eigenvalue weighted by molar-refractivity contribution is 5.86. The second-order valence-electron chi connectivity index (χ2n) is 3.37. The Morgan fingerprint density at radius 2 is 2.19 bits per heavy atom. The highest BCUT2D eigenvalue weighted by Gasteiger charge is 2.29. The molecular weight excluding hydrogens is 227 g/mol. The van der Waals surface area contributed by atoms with Crippen molar-refractivity contribution in [3.8, 4) is 0 Å². The van der Waals surface area contributed by atoms with Gasteiger partial charge in [-0.3, -0.25) is 4.90 Å². The Bertz CT molecular complexity index is 372. The van der Waals surface area contributed by atoms with Crippen molar-refractivity contribution < 1.29 is 27.5 Å². The maximum absolute atomic E-state index is 12.0. The lowest BCUT2D eigenvalue weighted by molar-refractivity contribution is -0.144. The number of carboxylic acids is 1. The van der Waals surface area contributed by atoms with Crippen LogP contribution in [0.4, 0.5) is 13.2 Å². The minimum Gasteiger partial charge on any atom is -0.475 e. The van der Waals surface area contributed by atoms with E-state index in [0.717, 1.165) is 11.2 Å². The van der Waals surface area contributed by atoms with E-state index >= 15 is 0 Å². The predicted octanol–water partition coefficient (Wildman–Crippen LogP) is 1.97. The number of alkyl halides is 3. The molecule has 0 atom stereocenters. The Morgan fingerprint density at radius 1 is 1.56 bits per heavy atom. The van der Waals surface area contributed by atoms with Crippen LogP contribution >= 0.6 is 0 Å². The maximum atomic E-state index is 12.0. The van der Waals surface area contributed by atoms with Crippen LogP contribution in [0, 0.1) is 0 Å². The zero-order valence-corrected chi connectivity index (χ0v) is 8.41. The standard InChI is InChI=1S/C9H10F3NO3/c1-13(5-9(10,11)12)4-6-2-3-16-7(6)8(14)15/h2-3H,4-5H2,1H3,(H,14,15). The molecule has 0 unspecified atom stereocenters. The lowest BCUT2D eigenvalue weighted by atomic mass is 10.2. The normalized spacial score (nSPS) is 12.1. The van der Waals surface area contributed by atoms with Crippen LogP contribution in [0.15, 0.2) is 16.7 Å². The average molecular weight is 237 g/mol. The van der Waals surface area contributed by atoms with Gasteiger partial charge in [0.15, 0.2) is 0 Å². The predicted molar refractivity (Wildman–Crippen MR) is 48.1 cm³/mol. The van der Waals surface area contributed by atoms with Gasteiger partial charge in [-0.1, -0.05) is 0 Å². The monoisotopic (exact) mass is 237 g/mol. The Balaban J connectivity index is 2.66. The van der Waals surface area contributed by atoms with Crippen molar-refractivity contribution in [1.29, 1.82) is 0 Å². The summed E-state index contributed by atoms with van der Waals surface area (Å²) in [6.07, 6.45) is -3.16. The van der Waals surface area contributed by atoms with Gasteiger partial charge >= 0.3 is 12.1 Å². The van der Waals surface area contributed by atoms with Crippen LogP contribution < -0.4 is 0 Å². The molecule has 0 aliphatic rings. The minimum absolute atomic E-state index is 0.127. The number of furan rings is 1. The minimum atomic E-state index is -4.30. The summed E-state index contributed by atoms with van der Waals surface area (Å²) in [7, 11) is 1.26. The Kier molecular flexibility index (Phi) is 3.58. The van der Waals surface area contributed by atoms with Crippen LogP contribution in [0.2, 0.25) is 0 Å². The van der Waals surface area contributed by atoms with Gasteiger partial charge in [0.05, 0.1) is 12.8 Å². The van der Waals surface area contributed by atoms with E-state index in [1.165, 1.54) is 13.1 Å². The van der Waals surface area contributed by atoms with Crippen molar-refractivity contribution in [3.05, 3.63) is 23.7 Å². The van der Waals surface area contributed by atoms with Crippen LogP contribution in [-0.4, -0.2) is 35.7 Å². The molecular formula is C9H10F3NO3. The third kappa shape index (κ3) is 3.58. The number of rotatable bonds is 4. The molecule has 0 saturated heterocycles. The molecule has 0 aliphatic heterocycles. The molecule has 1 aromatic rings. The number of halogens is 3. The molecule has 0 radical (unpaired) electrons. The van der Waals surface area contributed by atoms with Crippen LogP contribution in [-0.2, 0) is 6.54 Å². The number of nitrogens with zero attached hydrogens (tertiary/aromatic N) is 1. The number of carbonyl (C=O) groups is 1. The van der Waals surface area contributed by atoms with E-state index in [9.17, 15) is 18.0 Å². The van der Waals surface area contributed by atoms with Crippen molar-refractivity contribution in [2.75, 3.05) is 13.6 Å². The van der Waals surface area contributed by atoms with E-state index in [1.54, 1.807) is 0 Å². The molecule has 0 aromatic carbocycles. The van der Waals surface area contributed by atoms with Crippen molar-refractivity contribution >= 4 is 5.97 Å². The second-order valence-corrected chi connectivity index (χ2v) is 3.37. The van der Waals surface area contributed by atoms with Crippen LogP contribution in [0.3, 0.4) is 0 Å². The fraction of sp³-hybridized carbons (Fsp3) is 0.444. The van der Waals surface area contributed by atoms with Crippen molar-refractivity contribution in [3.63, 3.8) is 0 Å². The summed E-state index contributed by atoms with van der Waals surface area (Å²) < 4.78 is 40.7. The molecule has 1 heterocycles. The van der Waals surface area contributed by atoms with Gasteiger partial charge in [0.25, 0.3) is 0 Å². The third-order valence-corrected chi connectivity index (χ3v) is 1.83. The van der Waals surface area contributed by atoms with Crippen LogP contribution in [0.25, 0.3) is 0 Å². The molecule has 0 spiro atoms. The highest BCUT2D eigenvalue weighted by Crippen LogP contribution is 2.18. The van der Waals surface area contributed by atoms with E-state index < -0.39 is 18.7 Å². The fourth-order valence-electron chi connectivity index (χ4n) is 1.30. The summed E-state index contributed by atoms with van der Waals surface area (Å²) in [4.78, 5) is 11.6. The molecule has 1 N–H and O–H groups in total. The van der Waals surface area contributed by atoms with Gasteiger partial charge in [0.2, 0.25) is 5.76 Å². The first kappa shape index (κ1) is 12.6. The van der Waals surface area contributed by atoms with E-state index in [1.807, 2.05) is 0 Å². The lowest BCUT2D eigenvalue weighted by Gasteiger charge is -2.17. The number of aromatic carboxylic acids is 1. The van der Waals surface area contributed by atoms with Gasteiger partial charge < -0.3 is 9.52 Å². The SMILES string of the molecule is CN(Cc1ccoc1C(=O)O)CC(F)(F)F. The molecule has 0 aliphatic carbocycles. The number of hydrogen-bond acceptors (Lipinski definition) is 3. The molecule has 16 heavy (non-hydrogen) atoms. The molecule has 1 rings (SSSR count). The first-order valence-electron chi connectivity index (χ1n) is 4.34. The number of carboxylic acid groups (broad SMARTS) is 1. The van der Waals surface area contributed by atoms with E-state index in [0.29, 0.717) is 0 Å². The van der Waals surface area contributed by atoms with Gasteiger partial charge in [-0.2, -0.15) is 13.2 Å². The van der Waals surface area contributed by atoms with Gasteiger partial charge in [-0.05, 0) is 13.1 Å². The number of hydrogen-bond donors (Lipinski definition) is 1. The first-order valence-corrected chi connectivity index (χ1v) is 4.34. The third-order valence-electron chi connectivity index (χ3n) is 1.83. The maximum Gasteiger partial charge on any atom is 0.401 e. The lowest BCUT2D eigenvalue weighted by Crippen LogP contribution is -2.30. The van der Waals surface area contributed by atoms with Crippen molar-refractivity contribution in [2.24, 2.45) is 0 Å². The zero-order valence-electron chi connectivity index (χ0n) is 8.41. The Morgan fingerprint density at radius 3 is 2.69 bits per heavy atom. The average Bonchev–Trinajstić information content (AvgIpc) is 2.47. The quantitative estimate of drug-likeness (QED) is 0.869. The molecule has 0 amide bonds. The fourth-order valence-corrected chi connectivity index (χ4v) is 1.30. The van der Waals surface area contributed by atoms with Gasteiger partial charge in [-0.15, -0.1) is 0 Å². The molecule has 0 saturated carbocycles. The smallest absolute Gasteiger partial charge is 0.401 e. The molecule has 4 nitrogen and oxygen atoms in total. The topological polar surface area (TPSA) is 53.7 Å². The van der Waals surface area contributed by atoms with E-state index in [-0.39, 0.29) is 17.9 Å².